The van der Waals surface area contributed by atoms with Crippen molar-refractivity contribution < 1.29 is 5.11 Å². The van der Waals surface area contributed by atoms with Gasteiger partial charge in [0, 0.05) is 17.8 Å². The lowest BCUT2D eigenvalue weighted by Crippen LogP contribution is -2.20. The Balaban J connectivity index is 2.15. The van der Waals surface area contributed by atoms with Gasteiger partial charge in [-0.3, -0.25) is 0 Å². The second-order valence-electron chi connectivity index (χ2n) is 5.14. The van der Waals surface area contributed by atoms with Gasteiger partial charge in [0.05, 0.1) is 17.3 Å². The highest BCUT2D eigenvalue weighted by atomic mass is 35.5. The summed E-state index contributed by atoms with van der Waals surface area (Å²) < 4.78 is 0. The second kappa shape index (κ2) is 5.86. The van der Waals surface area contributed by atoms with Crippen LogP contribution in [0.4, 0.5) is 11.4 Å². The van der Waals surface area contributed by atoms with Gasteiger partial charge in [0.15, 0.2) is 0 Å². The van der Waals surface area contributed by atoms with E-state index in [0.717, 1.165) is 30.6 Å². The third-order valence-corrected chi connectivity index (χ3v) is 4.18. The van der Waals surface area contributed by atoms with E-state index < -0.39 is 0 Å². The maximum absolute atomic E-state index is 9.61. The van der Waals surface area contributed by atoms with Crippen LogP contribution in [0.15, 0.2) is 42.5 Å². The highest BCUT2D eigenvalue weighted by Crippen LogP contribution is 2.38. The Kier molecular flexibility index (Phi) is 3.95. The van der Waals surface area contributed by atoms with E-state index in [1.54, 1.807) is 0 Å². The van der Waals surface area contributed by atoms with Crippen LogP contribution >= 0.6 is 11.6 Å². The molecule has 0 amide bonds. The lowest BCUT2D eigenvalue weighted by atomic mass is 10.1. The molecule has 1 aliphatic rings. The van der Waals surface area contributed by atoms with E-state index >= 15 is 0 Å². The zero-order chi connectivity index (χ0) is 13.9. The van der Waals surface area contributed by atoms with E-state index in [0.29, 0.717) is 5.02 Å². The average molecular weight is 288 g/mol. The van der Waals surface area contributed by atoms with Gasteiger partial charge in [-0.25, -0.2) is 0 Å². The molecule has 0 unspecified atom stereocenters. The molecule has 0 saturated carbocycles. The number of rotatable bonds is 2. The number of aliphatic hydroxyl groups excluding tert-OH is 1. The largest absolute Gasteiger partial charge is 0.392 e. The number of anilines is 2. The van der Waals surface area contributed by atoms with E-state index in [2.05, 4.69) is 29.2 Å². The number of para-hydroxylation sites is 2. The minimum Gasteiger partial charge on any atom is -0.392 e. The number of halogens is 1. The quantitative estimate of drug-likeness (QED) is 0.890. The number of aliphatic hydroxyl groups is 1. The van der Waals surface area contributed by atoms with Gasteiger partial charge in [0.25, 0.3) is 0 Å². The fourth-order valence-corrected chi connectivity index (χ4v) is 3.21. The normalized spacial score (nSPS) is 14.8. The molecule has 0 aliphatic carbocycles. The van der Waals surface area contributed by atoms with Crippen molar-refractivity contribution in [1.82, 2.24) is 0 Å². The SMILES string of the molecule is OCc1cccc(Cl)c1N1CCCCc2ccccc21. The highest BCUT2D eigenvalue weighted by molar-refractivity contribution is 6.33. The summed E-state index contributed by atoms with van der Waals surface area (Å²) in [5, 5.41) is 10.3. The lowest BCUT2D eigenvalue weighted by molar-refractivity contribution is 0.282. The summed E-state index contributed by atoms with van der Waals surface area (Å²) in [6.45, 7) is 0.947. The van der Waals surface area contributed by atoms with E-state index in [1.807, 2.05) is 18.2 Å². The molecule has 0 atom stereocenters. The molecule has 0 radical (unpaired) electrons. The Morgan fingerprint density at radius 2 is 1.90 bits per heavy atom. The fourth-order valence-electron chi connectivity index (χ4n) is 2.91. The zero-order valence-corrected chi connectivity index (χ0v) is 12.1. The number of hydrogen-bond donors (Lipinski definition) is 1. The predicted molar refractivity (Wildman–Crippen MR) is 83.8 cm³/mol. The van der Waals surface area contributed by atoms with Crippen molar-refractivity contribution >= 4 is 23.0 Å². The van der Waals surface area contributed by atoms with Crippen molar-refractivity contribution in [3.63, 3.8) is 0 Å². The monoisotopic (exact) mass is 287 g/mol. The van der Waals surface area contributed by atoms with Crippen molar-refractivity contribution in [2.75, 3.05) is 11.4 Å². The molecule has 0 spiro atoms. The van der Waals surface area contributed by atoms with Crippen LogP contribution in [0.1, 0.15) is 24.0 Å². The molecular formula is C17H18ClNO. The van der Waals surface area contributed by atoms with Crippen LogP contribution in [0.25, 0.3) is 0 Å². The Labute approximate surface area is 124 Å². The predicted octanol–water partition coefficient (Wildman–Crippen LogP) is 4.31. The molecular weight excluding hydrogens is 270 g/mol. The van der Waals surface area contributed by atoms with Gasteiger partial charge < -0.3 is 10.0 Å². The number of nitrogens with zero attached hydrogens (tertiary/aromatic N) is 1. The maximum atomic E-state index is 9.61. The van der Waals surface area contributed by atoms with E-state index in [1.165, 1.54) is 17.7 Å². The van der Waals surface area contributed by atoms with Gasteiger partial charge in [0.2, 0.25) is 0 Å². The number of hydrogen-bond acceptors (Lipinski definition) is 2. The van der Waals surface area contributed by atoms with Crippen molar-refractivity contribution in [2.45, 2.75) is 25.9 Å². The molecule has 1 heterocycles. The van der Waals surface area contributed by atoms with Gasteiger partial charge >= 0.3 is 0 Å². The molecule has 1 aliphatic heterocycles. The molecule has 2 aromatic rings. The first-order chi connectivity index (χ1) is 9.81. The van der Waals surface area contributed by atoms with Crippen molar-refractivity contribution in [3.05, 3.63) is 58.6 Å². The van der Waals surface area contributed by atoms with Crippen LogP contribution in [0.5, 0.6) is 0 Å². The number of fused-ring (bicyclic) bond motifs is 1. The Morgan fingerprint density at radius 1 is 1.05 bits per heavy atom. The summed E-state index contributed by atoms with van der Waals surface area (Å²) in [7, 11) is 0. The van der Waals surface area contributed by atoms with Gasteiger partial charge in [0.1, 0.15) is 0 Å². The Hall–Kier alpha value is -1.51. The average Bonchev–Trinajstić information content (AvgIpc) is 2.69. The fraction of sp³-hybridized carbons (Fsp3) is 0.294. The molecule has 2 aromatic carbocycles. The third kappa shape index (κ3) is 2.41. The second-order valence-corrected chi connectivity index (χ2v) is 5.55. The highest BCUT2D eigenvalue weighted by Gasteiger charge is 2.20. The number of aryl methyl sites for hydroxylation is 1. The van der Waals surface area contributed by atoms with Crippen LogP contribution in [-0.4, -0.2) is 11.7 Å². The third-order valence-electron chi connectivity index (χ3n) is 3.87. The van der Waals surface area contributed by atoms with Crippen LogP contribution in [0.2, 0.25) is 5.02 Å². The summed E-state index contributed by atoms with van der Waals surface area (Å²) in [5.41, 5.74) is 4.40. The molecule has 20 heavy (non-hydrogen) atoms. The van der Waals surface area contributed by atoms with Crippen LogP contribution in [0, 0.1) is 0 Å². The van der Waals surface area contributed by atoms with E-state index in [9.17, 15) is 5.11 Å². The molecule has 0 fully saturated rings. The Morgan fingerprint density at radius 3 is 2.75 bits per heavy atom. The molecule has 1 N–H and O–H groups in total. The standard InChI is InChI=1S/C17H18ClNO/c18-15-9-5-8-14(12-20)17(15)19-11-4-3-7-13-6-1-2-10-16(13)19/h1-2,5-6,8-10,20H,3-4,7,11-12H2. The van der Waals surface area contributed by atoms with Gasteiger partial charge in [-0.2, -0.15) is 0 Å². The summed E-state index contributed by atoms with van der Waals surface area (Å²) >= 11 is 6.41. The van der Waals surface area contributed by atoms with Crippen LogP contribution in [0.3, 0.4) is 0 Å². The molecule has 0 saturated heterocycles. The first kappa shape index (κ1) is 13.5. The number of benzene rings is 2. The maximum Gasteiger partial charge on any atom is 0.0702 e. The molecule has 0 aromatic heterocycles. The molecule has 104 valence electrons. The van der Waals surface area contributed by atoms with E-state index in [-0.39, 0.29) is 6.61 Å². The summed E-state index contributed by atoms with van der Waals surface area (Å²) in [4.78, 5) is 2.26. The molecule has 0 bridgehead atoms. The van der Waals surface area contributed by atoms with Crippen molar-refractivity contribution in [1.29, 1.82) is 0 Å². The first-order valence-electron chi connectivity index (χ1n) is 7.05. The topological polar surface area (TPSA) is 23.5 Å². The summed E-state index contributed by atoms with van der Waals surface area (Å²) in [5.74, 6) is 0. The summed E-state index contributed by atoms with van der Waals surface area (Å²) in [6, 6.07) is 14.2. The van der Waals surface area contributed by atoms with Gasteiger partial charge in [-0.1, -0.05) is 41.9 Å². The van der Waals surface area contributed by atoms with Crippen molar-refractivity contribution in [2.24, 2.45) is 0 Å². The minimum absolute atomic E-state index is 0.00849. The summed E-state index contributed by atoms with van der Waals surface area (Å²) in [6.07, 6.45) is 3.42. The van der Waals surface area contributed by atoms with Gasteiger partial charge in [-0.15, -0.1) is 0 Å². The minimum atomic E-state index is 0.00849. The smallest absolute Gasteiger partial charge is 0.0702 e. The Bertz CT molecular complexity index is 612. The van der Waals surface area contributed by atoms with E-state index in [4.69, 9.17) is 11.6 Å². The molecule has 3 rings (SSSR count). The first-order valence-corrected chi connectivity index (χ1v) is 7.43. The van der Waals surface area contributed by atoms with Gasteiger partial charge in [-0.05, 0) is 37.0 Å². The van der Waals surface area contributed by atoms with Crippen molar-refractivity contribution in [3.8, 4) is 0 Å². The van der Waals surface area contributed by atoms with Crippen LogP contribution in [-0.2, 0) is 13.0 Å². The zero-order valence-electron chi connectivity index (χ0n) is 11.3. The molecule has 2 nitrogen and oxygen atoms in total. The lowest BCUT2D eigenvalue weighted by Gasteiger charge is -2.28. The molecule has 3 heteroatoms. The van der Waals surface area contributed by atoms with Crippen LogP contribution < -0.4 is 4.90 Å².